The monoisotopic (exact) mass is 285 g/mol. The highest BCUT2D eigenvalue weighted by Gasteiger charge is 2.10. The van der Waals surface area contributed by atoms with Crippen LogP contribution in [-0.4, -0.2) is 25.1 Å². The van der Waals surface area contributed by atoms with Crippen molar-refractivity contribution in [3.8, 4) is 0 Å². The van der Waals surface area contributed by atoms with Gasteiger partial charge in [0.2, 0.25) is 0 Å². The molecule has 0 atom stereocenters. The Kier molecular flexibility index (Phi) is 5.57. The van der Waals surface area contributed by atoms with Crippen molar-refractivity contribution in [2.24, 2.45) is 5.92 Å². The number of rotatable bonds is 7. The highest BCUT2D eigenvalue weighted by atomic mass is 15.2. The Balaban J connectivity index is 2.31. The topological polar surface area (TPSA) is 28.2 Å². The van der Waals surface area contributed by atoms with Gasteiger partial charge in [0.25, 0.3) is 0 Å². The zero-order valence-electron chi connectivity index (χ0n) is 13.7. The van der Waals surface area contributed by atoms with Crippen molar-refractivity contribution in [1.29, 1.82) is 0 Å². The minimum absolute atomic E-state index is 0.662. The SMILES string of the molecule is CCCN(C)c1nc2ccccc2cc1CNCC(C)C. The molecule has 3 heteroatoms. The number of aromatic nitrogens is 1. The van der Waals surface area contributed by atoms with Crippen LogP contribution in [0.3, 0.4) is 0 Å². The molecule has 0 aliphatic rings. The molecule has 0 aliphatic heterocycles. The number of anilines is 1. The van der Waals surface area contributed by atoms with Crippen molar-refractivity contribution in [2.45, 2.75) is 33.7 Å². The first-order chi connectivity index (χ1) is 10.1. The van der Waals surface area contributed by atoms with E-state index in [1.807, 2.05) is 0 Å². The van der Waals surface area contributed by atoms with Crippen LogP contribution in [0, 0.1) is 5.92 Å². The van der Waals surface area contributed by atoms with E-state index in [4.69, 9.17) is 4.98 Å². The summed E-state index contributed by atoms with van der Waals surface area (Å²) in [6.45, 7) is 9.60. The van der Waals surface area contributed by atoms with Crippen LogP contribution < -0.4 is 10.2 Å². The zero-order chi connectivity index (χ0) is 15.2. The lowest BCUT2D eigenvalue weighted by atomic mass is 10.1. The third kappa shape index (κ3) is 4.18. The number of hydrogen-bond donors (Lipinski definition) is 1. The first-order valence-electron chi connectivity index (χ1n) is 7.92. The summed E-state index contributed by atoms with van der Waals surface area (Å²) in [5.74, 6) is 1.77. The normalized spacial score (nSPS) is 11.3. The van der Waals surface area contributed by atoms with Crippen LogP contribution in [0.15, 0.2) is 30.3 Å². The molecule has 1 aromatic heterocycles. The summed E-state index contributed by atoms with van der Waals surface area (Å²) in [5.41, 5.74) is 2.35. The number of hydrogen-bond acceptors (Lipinski definition) is 3. The summed E-state index contributed by atoms with van der Waals surface area (Å²) in [5, 5.41) is 4.75. The van der Waals surface area contributed by atoms with Crippen molar-refractivity contribution in [3.63, 3.8) is 0 Å². The molecule has 0 saturated heterocycles. The first-order valence-corrected chi connectivity index (χ1v) is 7.92. The number of pyridine rings is 1. The van der Waals surface area contributed by atoms with Gasteiger partial charge in [-0.15, -0.1) is 0 Å². The van der Waals surface area contributed by atoms with Gasteiger partial charge in [0.15, 0.2) is 0 Å². The number of benzene rings is 1. The van der Waals surface area contributed by atoms with Gasteiger partial charge < -0.3 is 10.2 Å². The number of fused-ring (bicyclic) bond motifs is 1. The Morgan fingerprint density at radius 3 is 2.71 bits per heavy atom. The van der Waals surface area contributed by atoms with Gasteiger partial charge in [-0.25, -0.2) is 4.98 Å². The lowest BCUT2D eigenvalue weighted by Crippen LogP contribution is -2.24. The van der Waals surface area contributed by atoms with E-state index in [9.17, 15) is 0 Å². The quantitative estimate of drug-likeness (QED) is 0.838. The van der Waals surface area contributed by atoms with Crippen molar-refractivity contribution < 1.29 is 0 Å². The smallest absolute Gasteiger partial charge is 0.133 e. The van der Waals surface area contributed by atoms with Gasteiger partial charge in [0.05, 0.1) is 5.52 Å². The average Bonchev–Trinajstić information content (AvgIpc) is 2.46. The van der Waals surface area contributed by atoms with Crippen molar-refractivity contribution >= 4 is 16.7 Å². The molecule has 21 heavy (non-hydrogen) atoms. The number of para-hydroxylation sites is 1. The maximum atomic E-state index is 4.88. The lowest BCUT2D eigenvalue weighted by Gasteiger charge is -2.22. The van der Waals surface area contributed by atoms with Gasteiger partial charge in [-0.05, 0) is 31.0 Å². The van der Waals surface area contributed by atoms with Crippen LogP contribution in [0.2, 0.25) is 0 Å². The number of nitrogens with zero attached hydrogens (tertiary/aromatic N) is 2. The van der Waals surface area contributed by atoms with Crippen LogP contribution in [0.25, 0.3) is 10.9 Å². The average molecular weight is 285 g/mol. The van der Waals surface area contributed by atoms with Crippen LogP contribution in [0.5, 0.6) is 0 Å². The first kappa shape index (κ1) is 15.8. The molecule has 3 nitrogen and oxygen atoms in total. The summed E-state index contributed by atoms with van der Waals surface area (Å²) >= 11 is 0. The molecule has 0 spiro atoms. The molecule has 0 unspecified atom stereocenters. The number of nitrogens with one attached hydrogen (secondary N) is 1. The van der Waals surface area contributed by atoms with Gasteiger partial charge in [-0.1, -0.05) is 39.0 Å². The van der Waals surface area contributed by atoms with Gasteiger partial charge in [-0.2, -0.15) is 0 Å². The lowest BCUT2D eigenvalue weighted by molar-refractivity contribution is 0.552. The minimum Gasteiger partial charge on any atom is -0.359 e. The molecule has 1 aromatic carbocycles. The predicted molar refractivity (Wildman–Crippen MR) is 91.8 cm³/mol. The molecular weight excluding hydrogens is 258 g/mol. The van der Waals surface area contributed by atoms with Gasteiger partial charge >= 0.3 is 0 Å². The minimum atomic E-state index is 0.662. The fourth-order valence-corrected chi connectivity index (χ4v) is 2.55. The highest BCUT2D eigenvalue weighted by Crippen LogP contribution is 2.23. The molecule has 2 rings (SSSR count). The summed E-state index contributed by atoms with van der Waals surface area (Å²) < 4.78 is 0. The Morgan fingerprint density at radius 2 is 2.00 bits per heavy atom. The second-order valence-electron chi connectivity index (χ2n) is 6.11. The van der Waals surface area contributed by atoms with Gasteiger partial charge in [-0.3, -0.25) is 0 Å². The predicted octanol–water partition coefficient (Wildman–Crippen LogP) is 3.83. The molecule has 0 radical (unpaired) electrons. The van der Waals surface area contributed by atoms with Crippen molar-refractivity contribution in [2.75, 3.05) is 25.0 Å². The fraction of sp³-hybridized carbons (Fsp3) is 0.500. The molecule has 0 saturated carbocycles. The van der Waals surface area contributed by atoms with E-state index in [0.29, 0.717) is 5.92 Å². The second kappa shape index (κ2) is 7.41. The van der Waals surface area contributed by atoms with E-state index in [1.165, 1.54) is 10.9 Å². The summed E-state index contributed by atoms with van der Waals surface area (Å²) in [4.78, 5) is 7.14. The van der Waals surface area contributed by atoms with Crippen LogP contribution in [-0.2, 0) is 6.54 Å². The Labute approximate surface area is 128 Å². The largest absolute Gasteiger partial charge is 0.359 e. The molecule has 0 aliphatic carbocycles. The molecule has 1 N–H and O–H groups in total. The van der Waals surface area contributed by atoms with E-state index in [2.05, 4.69) is 68.4 Å². The summed E-state index contributed by atoms with van der Waals surface area (Å²) in [6, 6.07) is 10.6. The molecule has 0 fully saturated rings. The maximum absolute atomic E-state index is 4.88. The highest BCUT2D eigenvalue weighted by molar-refractivity contribution is 5.81. The van der Waals surface area contributed by atoms with Gasteiger partial charge in [0, 0.05) is 31.1 Å². The van der Waals surface area contributed by atoms with E-state index in [0.717, 1.165) is 37.4 Å². The van der Waals surface area contributed by atoms with Crippen molar-refractivity contribution in [1.82, 2.24) is 10.3 Å². The summed E-state index contributed by atoms with van der Waals surface area (Å²) in [6.07, 6.45) is 1.13. The molecular formula is C18H27N3. The Bertz CT molecular complexity index is 578. The van der Waals surface area contributed by atoms with Crippen molar-refractivity contribution in [3.05, 3.63) is 35.9 Å². The van der Waals surface area contributed by atoms with Crippen LogP contribution >= 0.6 is 0 Å². The molecule has 2 aromatic rings. The zero-order valence-corrected chi connectivity index (χ0v) is 13.7. The van der Waals surface area contributed by atoms with E-state index >= 15 is 0 Å². The molecule has 0 bridgehead atoms. The summed E-state index contributed by atoms with van der Waals surface area (Å²) in [7, 11) is 2.13. The van der Waals surface area contributed by atoms with Gasteiger partial charge in [0.1, 0.15) is 5.82 Å². The fourth-order valence-electron chi connectivity index (χ4n) is 2.55. The van der Waals surface area contributed by atoms with Crippen LogP contribution in [0.1, 0.15) is 32.8 Å². The van der Waals surface area contributed by atoms with Crippen LogP contribution in [0.4, 0.5) is 5.82 Å². The van der Waals surface area contributed by atoms with E-state index in [-0.39, 0.29) is 0 Å². The molecule has 114 valence electrons. The molecule has 1 heterocycles. The third-order valence-electron chi connectivity index (χ3n) is 3.57. The van der Waals surface area contributed by atoms with E-state index < -0.39 is 0 Å². The third-order valence-corrected chi connectivity index (χ3v) is 3.57. The molecule has 0 amide bonds. The maximum Gasteiger partial charge on any atom is 0.133 e. The Morgan fingerprint density at radius 1 is 1.24 bits per heavy atom. The second-order valence-corrected chi connectivity index (χ2v) is 6.11. The Hall–Kier alpha value is -1.61. The standard InChI is InChI=1S/C18H27N3/c1-5-10-21(4)18-16(13-19-12-14(2)3)11-15-8-6-7-9-17(15)20-18/h6-9,11,14,19H,5,10,12-13H2,1-4H3. The van der Waals surface area contributed by atoms with E-state index in [1.54, 1.807) is 0 Å².